The topological polar surface area (TPSA) is 81.6 Å². The molecule has 0 atom stereocenters. The van der Waals surface area contributed by atoms with Gasteiger partial charge in [-0.3, -0.25) is 4.98 Å². The van der Waals surface area contributed by atoms with E-state index >= 15 is 0 Å². The lowest BCUT2D eigenvalue weighted by Gasteiger charge is -2.32. The third kappa shape index (κ3) is 3.47. The molecule has 0 radical (unpaired) electrons. The van der Waals surface area contributed by atoms with E-state index in [1.165, 1.54) is 11.3 Å². The molecule has 0 spiro atoms. The van der Waals surface area contributed by atoms with Crippen molar-refractivity contribution in [2.45, 2.75) is 10.6 Å². The summed E-state index contributed by atoms with van der Waals surface area (Å²) in [5.74, 6) is 1.09. The van der Waals surface area contributed by atoms with Gasteiger partial charge in [0.25, 0.3) is 0 Å². The minimum atomic E-state index is -3.50. The number of ether oxygens (including phenoxy) is 2. The summed E-state index contributed by atoms with van der Waals surface area (Å²) >= 11 is 1.32. The largest absolute Gasteiger partial charge is 0.494 e. The number of hydrogen-bond acceptors (Lipinski definition) is 8. The molecule has 3 aromatic rings. The van der Waals surface area contributed by atoms with Crippen molar-refractivity contribution in [1.29, 1.82) is 0 Å². The number of hydrogen-bond donors (Lipinski definition) is 0. The van der Waals surface area contributed by atoms with Gasteiger partial charge in [-0.1, -0.05) is 0 Å². The van der Waals surface area contributed by atoms with Crippen molar-refractivity contribution in [1.82, 2.24) is 9.97 Å². The van der Waals surface area contributed by atoms with Crippen LogP contribution in [0.2, 0.25) is 0 Å². The van der Waals surface area contributed by atoms with Gasteiger partial charge >= 0.3 is 0 Å². The van der Waals surface area contributed by atoms with E-state index in [-0.39, 0.29) is 10.6 Å². The van der Waals surface area contributed by atoms with Crippen molar-refractivity contribution in [3.8, 4) is 11.5 Å². The van der Waals surface area contributed by atoms with Crippen molar-refractivity contribution in [3.05, 3.63) is 53.2 Å². The molecule has 7 nitrogen and oxygen atoms in total. The maximum absolute atomic E-state index is 12.7. The monoisotopic (exact) mass is 403 g/mol. The molecule has 0 unspecified atom stereocenters. The van der Waals surface area contributed by atoms with Gasteiger partial charge in [-0.15, -0.1) is 11.3 Å². The van der Waals surface area contributed by atoms with Crippen LogP contribution >= 0.6 is 11.3 Å². The maximum Gasteiger partial charge on any atom is 0.185 e. The highest BCUT2D eigenvalue weighted by molar-refractivity contribution is 7.90. The average molecular weight is 403 g/mol. The van der Waals surface area contributed by atoms with E-state index in [0.717, 1.165) is 11.4 Å². The van der Waals surface area contributed by atoms with E-state index in [9.17, 15) is 8.42 Å². The van der Waals surface area contributed by atoms with Crippen LogP contribution in [0.3, 0.4) is 0 Å². The molecule has 0 saturated heterocycles. The lowest BCUT2D eigenvalue weighted by atomic mass is 10.2. The lowest BCUT2D eigenvalue weighted by Crippen LogP contribution is -2.29. The standard InChI is InChI=1S/C18H17N3O4S2/c1-24-16-4-5-19-11-15(16)21-7-8-25-17-10-13(2-3-14(17)21)27(22,23)12-18-20-6-9-26-18/h2-6,9-11H,7-8,12H2,1H3. The number of pyridine rings is 1. The minimum absolute atomic E-state index is 0.121. The van der Waals surface area contributed by atoms with Gasteiger partial charge < -0.3 is 14.4 Å². The van der Waals surface area contributed by atoms with Crippen molar-refractivity contribution in [3.63, 3.8) is 0 Å². The lowest BCUT2D eigenvalue weighted by molar-refractivity contribution is 0.312. The van der Waals surface area contributed by atoms with Gasteiger partial charge in [-0.05, 0) is 12.1 Å². The molecule has 0 bridgehead atoms. The van der Waals surface area contributed by atoms with Gasteiger partial charge in [0.05, 0.1) is 30.4 Å². The first-order valence-corrected chi connectivity index (χ1v) is 10.8. The Balaban J connectivity index is 1.70. The van der Waals surface area contributed by atoms with Crippen LogP contribution in [-0.4, -0.2) is 38.6 Å². The predicted molar refractivity (Wildman–Crippen MR) is 103 cm³/mol. The number of methoxy groups -OCH3 is 1. The molecule has 27 heavy (non-hydrogen) atoms. The maximum atomic E-state index is 12.7. The van der Waals surface area contributed by atoms with Gasteiger partial charge in [0.2, 0.25) is 0 Å². The highest BCUT2D eigenvalue weighted by Crippen LogP contribution is 2.41. The molecule has 0 saturated carbocycles. The van der Waals surface area contributed by atoms with Gasteiger partial charge in [0.15, 0.2) is 9.84 Å². The number of sulfone groups is 1. The summed E-state index contributed by atoms with van der Waals surface area (Å²) in [6, 6.07) is 6.73. The van der Waals surface area contributed by atoms with Crippen LogP contribution in [0.5, 0.6) is 11.5 Å². The van der Waals surface area contributed by atoms with Gasteiger partial charge in [-0.25, -0.2) is 13.4 Å². The number of benzene rings is 1. The Morgan fingerprint density at radius 3 is 2.93 bits per heavy atom. The highest BCUT2D eigenvalue weighted by Gasteiger charge is 2.25. The summed E-state index contributed by atoms with van der Waals surface area (Å²) in [7, 11) is -1.89. The summed E-state index contributed by atoms with van der Waals surface area (Å²) < 4.78 is 36.6. The Labute approximate surface area is 161 Å². The number of nitrogens with zero attached hydrogens (tertiary/aromatic N) is 3. The fourth-order valence-corrected chi connectivity index (χ4v) is 5.23. The Bertz CT molecular complexity index is 1050. The Morgan fingerprint density at radius 2 is 2.15 bits per heavy atom. The number of anilines is 2. The van der Waals surface area contributed by atoms with Crippen molar-refractivity contribution in [2.75, 3.05) is 25.2 Å². The van der Waals surface area contributed by atoms with Crippen molar-refractivity contribution >= 4 is 32.5 Å². The number of aromatic nitrogens is 2. The third-order valence-corrected chi connectivity index (χ3v) is 6.81. The van der Waals surface area contributed by atoms with E-state index in [1.54, 1.807) is 55.3 Å². The summed E-state index contributed by atoms with van der Waals surface area (Å²) in [4.78, 5) is 10.5. The zero-order valence-electron chi connectivity index (χ0n) is 14.5. The second-order valence-electron chi connectivity index (χ2n) is 5.86. The Hall–Kier alpha value is -2.65. The predicted octanol–water partition coefficient (Wildman–Crippen LogP) is 3.05. The quantitative estimate of drug-likeness (QED) is 0.647. The van der Waals surface area contributed by atoms with Crippen molar-refractivity contribution < 1.29 is 17.9 Å². The smallest absolute Gasteiger partial charge is 0.185 e. The molecule has 1 aromatic carbocycles. The molecule has 2 aromatic heterocycles. The molecule has 1 aliphatic rings. The van der Waals surface area contributed by atoms with Crippen LogP contribution < -0.4 is 14.4 Å². The highest BCUT2D eigenvalue weighted by atomic mass is 32.2. The second kappa shape index (κ2) is 7.16. The van der Waals surface area contributed by atoms with Gasteiger partial charge in [0.1, 0.15) is 34.6 Å². The fraction of sp³-hybridized carbons (Fsp3) is 0.222. The third-order valence-electron chi connectivity index (χ3n) is 4.22. The first-order chi connectivity index (χ1) is 13.1. The van der Waals surface area contributed by atoms with Crippen molar-refractivity contribution in [2.24, 2.45) is 0 Å². The minimum Gasteiger partial charge on any atom is -0.494 e. The van der Waals surface area contributed by atoms with Gasteiger partial charge in [0, 0.05) is 29.9 Å². The van der Waals surface area contributed by atoms with Crippen LogP contribution in [0.25, 0.3) is 0 Å². The molecule has 1 aliphatic heterocycles. The number of rotatable bonds is 5. The molecule has 4 rings (SSSR count). The molecule has 0 N–H and O–H groups in total. The molecule has 0 aliphatic carbocycles. The molecule has 9 heteroatoms. The van der Waals surface area contributed by atoms with Gasteiger partial charge in [-0.2, -0.15) is 0 Å². The fourth-order valence-electron chi connectivity index (χ4n) is 2.96. The molecular formula is C18H17N3O4S2. The summed E-state index contributed by atoms with van der Waals surface area (Å²) in [6.07, 6.45) is 4.99. The van der Waals surface area contributed by atoms with E-state index in [0.29, 0.717) is 29.7 Å². The molecule has 0 amide bonds. The van der Waals surface area contributed by atoms with Crippen LogP contribution in [-0.2, 0) is 15.6 Å². The van der Waals surface area contributed by atoms with E-state index < -0.39 is 9.84 Å². The summed E-state index contributed by atoms with van der Waals surface area (Å²) in [5.41, 5.74) is 1.59. The Kier molecular flexibility index (Phi) is 4.71. The van der Waals surface area contributed by atoms with Crippen LogP contribution in [0.15, 0.2) is 53.1 Å². The number of fused-ring (bicyclic) bond motifs is 1. The summed E-state index contributed by atoms with van der Waals surface area (Å²) in [5, 5.41) is 2.33. The van der Waals surface area contributed by atoms with Crippen LogP contribution in [0.4, 0.5) is 11.4 Å². The first kappa shape index (κ1) is 17.7. The SMILES string of the molecule is COc1ccncc1N1CCOc2cc(S(=O)(=O)Cc3nccs3)ccc21. The van der Waals surface area contributed by atoms with E-state index in [1.807, 2.05) is 4.90 Å². The van der Waals surface area contributed by atoms with Crippen LogP contribution in [0, 0.1) is 0 Å². The normalized spacial score (nSPS) is 13.7. The van der Waals surface area contributed by atoms with E-state index in [2.05, 4.69) is 9.97 Å². The molecule has 0 fully saturated rings. The zero-order valence-corrected chi connectivity index (χ0v) is 16.2. The number of thiazole rings is 1. The van der Waals surface area contributed by atoms with E-state index in [4.69, 9.17) is 9.47 Å². The average Bonchev–Trinajstić information content (AvgIpc) is 3.19. The molecule has 3 heterocycles. The molecule has 140 valence electrons. The first-order valence-electron chi connectivity index (χ1n) is 8.22. The second-order valence-corrected chi connectivity index (χ2v) is 8.83. The molecular weight excluding hydrogens is 386 g/mol. The Morgan fingerprint density at radius 1 is 1.26 bits per heavy atom. The zero-order chi connectivity index (χ0) is 18.9. The van der Waals surface area contributed by atoms with Crippen LogP contribution in [0.1, 0.15) is 5.01 Å². The summed E-state index contributed by atoms with van der Waals surface area (Å²) in [6.45, 7) is 1.04.